The first-order valence-electron chi connectivity index (χ1n) is 8.69. The summed E-state index contributed by atoms with van der Waals surface area (Å²) in [5.74, 6) is 0.162. The third-order valence-corrected chi connectivity index (χ3v) is 4.90. The molecule has 5 heteroatoms. The van der Waals surface area contributed by atoms with Crippen LogP contribution in [0.15, 0.2) is 30.5 Å². The number of amides is 1. The maximum atomic E-state index is 13.2. The number of piperazine rings is 1. The summed E-state index contributed by atoms with van der Waals surface area (Å²) >= 11 is 0. The molecule has 1 atom stereocenters. The summed E-state index contributed by atoms with van der Waals surface area (Å²) in [4.78, 5) is 19.6. The van der Waals surface area contributed by atoms with Crippen LogP contribution in [0.2, 0.25) is 0 Å². The van der Waals surface area contributed by atoms with E-state index in [1.165, 1.54) is 0 Å². The molecule has 0 aliphatic carbocycles. The molecule has 1 saturated heterocycles. The van der Waals surface area contributed by atoms with Gasteiger partial charge in [-0.05, 0) is 34.1 Å². The smallest absolute Gasteiger partial charge is 0.256 e. The van der Waals surface area contributed by atoms with Gasteiger partial charge in [-0.1, -0.05) is 18.2 Å². The highest BCUT2D eigenvalue weighted by molar-refractivity contribution is 6.07. The highest BCUT2D eigenvalue weighted by atomic mass is 16.2. The second-order valence-electron chi connectivity index (χ2n) is 7.17. The van der Waals surface area contributed by atoms with Crippen LogP contribution < -0.4 is 0 Å². The average molecular weight is 328 g/mol. The molecule has 0 N–H and O–H groups in total. The number of carbonyl (C=O) groups is 1. The molecule has 2 heterocycles. The van der Waals surface area contributed by atoms with E-state index in [0.717, 1.165) is 49.2 Å². The van der Waals surface area contributed by atoms with Gasteiger partial charge in [-0.3, -0.25) is 4.79 Å². The summed E-state index contributed by atoms with van der Waals surface area (Å²) in [6.07, 6.45) is 2.04. The number of rotatable bonds is 4. The van der Waals surface area contributed by atoms with Crippen LogP contribution in [0.25, 0.3) is 10.9 Å². The molecule has 5 nitrogen and oxygen atoms in total. The van der Waals surface area contributed by atoms with Crippen molar-refractivity contribution in [1.29, 1.82) is 0 Å². The molecule has 1 amide bonds. The van der Waals surface area contributed by atoms with Gasteiger partial charge in [-0.15, -0.1) is 0 Å². The number of carbonyl (C=O) groups excluding carboxylic acids is 1. The zero-order valence-corrected chi connectivity index (χ0v) is 15.2. The second-order valence-corrected chi connectivity index (χ2v) is 7.17. The molecular formula is C19H28N4O. The zero-order chi connectivity index (χ0) is 17.3. The van der Waals surface area contributed by atoms with Crippen LogP contribution >= 0.6 is 0 Å². The Bertz CT molecular complexity index is 721. The van der Waals surface area contributed by atoms with Crippen LogP contribution in [0.5, 0.6) is 0 Å². The minimum absolute atomic E-state index is 0.162. The Hall–Kier alpha value is -1.85. The number of nitrogens with zero attached hydrogens (tertiary/aromatic N) is 4. The van der Waals surface area contributed by atoms with Crippen molar-refractivity contribution in [3.05, 3.63) is 36.0 Å². The Morgan fingerprint density at radius 1 is 1.25 bits per heavy atom. The highest BCUT2D eigenvalue weighted by Gasteiger charge is 2.28. The van der Waals surface area contributed by atoms with Gasteiger partial charge < -0.3 is 19.3 Å². The normalized spacial score (nSPS) is 19.4. The number of fused-ring (bicyclic) bond motifs is 1. The lowest BCUT2D eigenvalue weighted by Gasteiger charge is -2.38. The van der Waals surface area contributed by atoms with Gasteiger partial charge in [-0.25, -0.2) is 0 Å². The van der Waals surface area contributed by atoms with Gasteiger partial charge in [0.15, 0.2) is 0 Å². The van der Waals surface area contributed by atoms with Crippen LogP contribution in [0.1, 0.15) is 17.3 Å². The monoisotopic (exact) mass is 328 g/mol. The first-order chi connectivity index (χ1) is 11.5. The maximum absolute atomic E-state index is 13.2. The van der Waals surface area contributed by atoms with Crippen molar-refractivity contribution in [2.75, 3.05) is 47.3 Å². The topological polar surface area (TPSA) is 31.7 Å². The summed E-state index contributed by atoms with van der Waals surface area (Å²) in [6.45, 7) is 6.66. The first kappa shape index (κ1) is 17.0. The summed E-state index contributed by atoms with van der Waals surface area (Å²) < 4.78 is 2.21. The van der Waals surface area contributed by atoms with Gasteiger partial charge in [0, 0.05) is 55.9 Å². The molecule has 0 radical (unpaired) electrons. The maximum Gasteiger partial charge on any atom is 0.256 e. The molecule has 1 aromatic heterocycles. The summed E-state index contributed by atoms with van der Waals surface area (Å²) in [5.41, 5.74) is 1.98. The SMILES string of the molecule is C[C@@H]1CN(C)CCN1C(=O)c1cn(CCN(C)C)c2ccccc12. The Labute approximate surface area is 144 Å². The van der Waals surface area contributed by atoms with E-state index in [1.54, 1.807) is 0 Å². The lowest BCUT2D eigenvalue weighted by molar-refractivity contribution is 0.0535. The molecule has 130 valence electrons. The van der Waals surface area contributed by atoms with E-state index in [2.05, 4.69) is 54.6 Å². The fraction of sp³-hybridized carbons (Fsp3) is 0.526. The van der Waals surface area contributed by atoms with Crippen molar-refractivity contribution in [1.82, 2.24) is 19.3 Å². The number of hydrogen-bond donors (Lipinski definition) is 0. The third kappa shape index (κ3) is 3.32. The van der Waals surface area contributed by atoms with Crippen LogP contribution in [0.4, 0.5) is 0 Å². The van der Waals surface area contributed by atoms with Gasteiger partial charge in [0.05, 0.1) is 5.56 Å². The average Bonchev–Trinajstić information content (AvgIpc) is 2.91. The van der Waals surface area contributed by atoms with Crippen LogP contribution in [-0.2, 0) is 6.54 Å². The second kappa shape index (κ2) is 6.95. The van der Waals surface area contributed by atoms with Crippen molar-refractivity contribution in [3.63, 3.8) is 0 Å². The first-order valence-corrected chi connectivity index (χ1v) is 8.69. The number of benzene rings is 1. The molecule has 0 saturated carbocycles. The van der Waals surface area contributed by atoms with Gasteiger partial charge in [0.1, 0.15) is 0 Å². The highest BCUT2D eigenvalue weighted by Crippen LogP contribution is 2.24. The Morgan fingerprint density at radius 3 is 2.71 bits per heavy atom. The quantitative estimate of drug-likeness (QED) is 0.860. The molecular weight excluding hydrogens is 300 g/mol. The number of likely N-dealkylation sites (N-methyl/N-ethyl adjacent to an activating group) is 2. The summed E-state index contributed by atoms with van der Waals surface area (Å²) in [5, 5.41) is 1.06. The van der Waals surface area contributed by atoms with Crippen LogP contribution in [0.3, 0.4) is 0 Å². The zero-order valence-electron chi connectivity index (χ0n) is 15.2. The van der Waals surface area contributed by atoms with E-state index in [-0.39, 0.29) is 11.9 Å². The minimum Gasteiger partial charge on any atom is -0.345 e. The number of hydrogen-bond acceptors (Lipinski definition) is 3. The van der Waals surface area contributed by atoms with Gasteiger partial charge >= 0.3 is 0 Å². The molecule has 24 heavy (non-hydrogen) atoms. The molecule has 0 bridgehead atoms. The van der Waals surface area contributed by atoms with Crippen LogP contribution in [-0.4, -0.2) is 78.5 Å². The molecule has 1 fully saturated rings. The van der Waals surface area contributed by atoms with E-state index in [9.17, 15) is 4.79 Å². The van der Waals surface area contributed by atoms with Gasteiger partial charge in [0.2, 0.25) is 0 Å². The Kier molecular flexibility index (Phi) is 4.92. The number of para-hydroxylation sites is 1. The van der Waals surface area contributed by atoms with E-state index >= 15 is 0 Å². The molecule has 0 unspecified atom stereocenters. The fourth-order valence-electron chi connectivity index (χ4n) is 3.51. The fourth-order valence-corrected chi connectivity index (χ4v) is 3.51. The van der Waals surface area contributed by atoms with Crippen molar-refractivity contribution in [3.8, 4) is 0 Å². The number of aromatic nitrogens is 1. The molecule has 0 spiro atoms. The predicted octanol–water partition coefficient (Wildman–Crippen LogP) is 1.98. The lowest BCUT2D eigenvalue weighted by atomic mass is 10.1. The molecule has 2 aromatic rings. The van der Waals surface area contributed by atoms with Crippen molar-refractivity contribution in [2.45, 2.75) is 19.5 Å². The Morgan fingerprint density at radius 2 is 2.00 bits per heavy atom. The molecule has 1 aromatic carbocycles. The molecule has 1 aliphatic rings. The van der Waals surface area contributed by atoms with Gasteiger partial charge in [0.25, 0.3) is 5.91 Å². The van der Waals surface area contributed by atoms with E-state index in [0.29, 0.717) is 0 Å². The predicted molar refractivity (Wildman–Crippen MR) is 98.5 cm³/mol. The van der Waals surface area contributed by atoms with E-state index in [1.807, 2.05) is 23.2 Å². The summed E-state index contributed by atoms with van der Waals surface area (Å²) in [6, 6.07) is 8.48. The van der Waals surface area contributed by atoms with Gasteiger partial charge in [-0.2, -0.15) is 0 Å². The van der Waals surface area contributed by atoms with Crippen molar-refractivity contribution >= 4 is 16.8 Å². The van der Waals surface area contributed by atoms with E-state index < -0.39 is 0 Å². The van der Waals surface area contributed by atoms with Crippen LogP contribution in [0, 0.1) is 0 Å². The Balaban J connectivity index is 1.92. The van der Waals surface area contributed by atoms with Crippen molar-refractivity contribution < 1.29 is 4.79 Å². The van der Waals surface area contributed by atoms with E-state index in [4.69, 9.17) is 0 Å². The van der Waals surface area contributed by atoms with Crippen molar-refractivity contribution in [2.24, 2.45) is 0 Å². The largest absolute Gasteiger partial charge is 0.345 e. The third-order valence-electron chi connectivity index (χ3n) is 4.90. The minimum atomic E-state index is 0.162. The molecule has 3 rings (SSSR count). The molecule has 1 aliphatic heterocycles. The standard InChI is InChI=1S/C19H28N4O/c1-15-13-21(4)10-12-23(15)19(24)17-14-22(11-9-20(2)3)18-8-6-5-7-16(17)18/h5-8,14-15H,9-13H2,1-4H3/t15-/m1/s1. The lowest BCUT2D eigenvalue weighted by Crippen LogP contribution is -2.52. The summed E-state index contributed by atoms with van der Waals surface area (Å²) in [7, 11) is 6.26.